The lowest BCUT2D eigenvalue weighted by atomic mass is 9.86. The van der Waals surface area contributed by atoms with Gasteiger partial charge in [0.15, 0.2) is 0 Å². The number of nitrogens with one attached hydrogen (secondary N) is 1. The molecule has 1 unspecified atom stereocenters. The molecule has 1 saturated heterocycles. The zero-order chi connectivity index (χ0) is 25.0. The van der Waals surface area contributed by atoms with Crippen LogP contribution in [0.2, 0.25) is 0 Å². The number of benzene rings is 2. The third-order valence-electron chi connectivity index (χ3n) is 7.99. The van der Waals surface area contributed by atoms with Crippen LogP contribution in [0.4, 0.5) is 5.69 Å². The summed E-state index contributed by atoms with van der Waals surface area (Å²) < 4.78 is 28.3. The number of likely N-dealkylation sites (N-methyl/N-ethyl adjacent to an activating group) is 1. The molecule has 0 saturated carbocycles. The third-order valence-corrected chi connectivity index (χ3v) is 9.89. The highest BCUT2D eigenvalue weighted by molar-refractivity contribution is 7.89. The summed E-state index contributed by atoms with van der Waals surface area (Å²) in [6.45, 7) is 4.26. The Labute approximate surface area is 207 Å². The van der Waals surface area contributed by atoms with E-state index in [0.717, 1.165) is 30.5 Å². The van der Waals surface area contributed by atoms with Crippen molar-refractivity contribution in [3.8, 4) is 0 Å². The van der Waals surface area contributed by atoms with Gasteiger partial charge in [0.1, 0.15) is 0 Å². The molecule has 2 amide bonds. The van der Waals surface area contributed by atoms with Crippen molar-refractivity contribution in [3.63, 3.8) is 0 Å². The predicted octanol–water partition coefficient (Wildman–Crippen LogP) is 3.54. The Kier molecular flexibility index (Phi) is 6.00. The summed E-state index contributed by atoms with van der Waals surface area (Å²) in [6.07, 6.45) is 4.03. The minimum atomic E-state index is -3.71. The van der Waals surface area contributed by atoms with Gasteiger partial charge in [-0.15, -0.1) is 0 Å². The molecule has 186 valence electrons. The lowest BCUT2D eigenvalue weighted by molar-refractivity contribution is -0.127. The molecule has 1 atom stereocenters. The minimum absolute atomic E-state index is 0.0181. The summed E-state index contributed by atoms with van der Waals surface area (Å²) in [4.78, 5) is 27.4. The fourth-order valence-electron chi connectivity index (χ4n) is 5.81. The smallest absolute Gasteiger partial charge is 0.243 e. The van der Waals surface area contributed by atoms with Gasteiger partial charge >= 0.3 is 0 Å². The van der Waals surface area contributed by atoms with Crippen molar-refractivity contribution in [3.05, 3.63) is 59.2 Å². The van der Waals surface area contributed by atoms with E-state index in [-0.39, 0.29) is 28.7 Å². The lowest BCUT2D eigenvalue weighted by Gasteiger charge is -2.33. The van der Waals surface area contributed by atoms with Crippen LogP contribution in [0.5, 0.6) is 0 Å². The summed E-state index contributed by atoms with van der Waals surface area (Å²) in [6, 6.07) is 13.3. The normalized spacial score (nSPS) is 22.5. The molecular formula is C27H33N3O4S. The number of fused-ring (bicyclic) bond motifs is 2. The van der Waals surface area contributed by atoms with E-state index >= 15 is 0 Å². The van der Waals surface area contributed by atoms with Crippen LogP contribution in [0, 0.1) is 5.92 Å². The van der Waals surface area contributed by atoms with Gasteiger partial charge in [0, 0.05) is 31.7 Å². The summed E-state index contributed by atoms with van der Waals surface area (Å²) in [5.41, 5.74) is 3.22. The second-order valence-corrected chi connectivity index (χ2v) is 12.4. The van der Waals surface area contributed by atoms with Crippen LogP contribution in [0.1, 0.15) is 62.3 Å². The lowest BCUT2D eigenvalue weighted by Crippen LogP contribution is -2.44. The number of sulfonamides is 1. The highest BCUT2D eigenvalue weighted by atomic mass is 32.2. The molecule has 2 aliphatic heterocycles. The molecule has 0 aromatic heterocycles. The maximum absolute atomic E-state index is 13.4. The van der Waals surface area contributed by atoms with Crippen molar-refractivity contribution < 1.29 is 18.0 Å². The standard InChI is InChI=1S/C27H33N3O4S/c1-27(2)22-17-20(11-12-24(22)29(3)26(27)32)35(33,34)30-15-13-19(14-16-30)25(31)28-23-10-6-8-18-7-4-5-9-21(18)23/h4-5,7,9,11-12,17,19,23H,6,8,10,13-16H2,1-3H3,(H,28,31). The van der Waals surface area contributed by atoms with Crippen molar-refractivity contribution >= 4 is 27.5 Å². The molecule has 2 heterocycles. The van der Waals surface area contributed by atoms with Gasteiger partial charge in [0.25, 0.3) is 0 Å². The molecule has 1 N–H and O–H groups in total. The number of nitrogens with zero attached hydrogens (tertiary/aromatic N) is 2. The second-order valence-electron chi connectivity index (χ2n) is 10.5. The molecule has 2 aromatic carbocycles. The SMILES string of the molecule is CN1C(=O)C(C)(C)c2cc(S(=O)(=O)N3CCC(C(=O)NC4CCCc5ccccc54)CC3)ccc21. The summed E-state index contributed by atoms with van der Waals surface area (Å²) >= 11 is 0. The van der Waals surface area contributed by atoms with E-state index in [1.165, 1.54) is 15.4 Å². The van der Waals surface area contributed by atoms with Gasteiger partial charge in [-0.25, -0.2) is 8.42 Å². The van der Waals surface area contributed by atoms with E-state index in [2.05, 4.69) is 17.4 Å². The fraction of sp³-hybridized carbons (Fsp3) is 0.481. The maximum atomic E-state index is 13.4. The highest BCUT2D eigenvalue weighted by Gasteiger charge is 2.43. The van der Waals surface area contributed by atoms with Crippen molar-refractivity contribution in [1.82, 2.24) is 9.62 Å². The van der Waals surface area contributed by atoms with Gasteiger partial charge in [-0.1, -0.05) is 24.3 Å². The third kappa shape index (κ3) is 4.06. The summed E-state index contributed by atoms with van der Waals surface area (Å²) in [7, 11) is -2.00. The zero-order valence-corrected chi connectivity index (χ0v) is 21.4. The zero-order valence-electron chi connectivity index (χ0n) is 20.6. The summed E-state index contributed by atoms with van der Waals surface area (Å²) in [5.74, 6) is -0.222. The Morgan fingerprint density at radius 3 is 2.51 bits per heavy atom. The van der Waals surface area contributed by atoms with E-state index in [9.17, 15) is 18.0 Å². The predicted molar refractivity (Wildman–Crippen MR) is 135 cm³/mol. The first kappa shape index (κ1) is 24.0. The molecule has 8 heteroatoms. The van der Waals surface area contributed by atoms with Crippen molar-refractivity contribution in [2.45, 2.75) is 62.3 Å². The van der Waals surface area contributed by atoms with Crippen LogP contribution >= 0.6 is 0 Å². The van der Waals surface area contributed by atoms with E-state index in [4.69, 9.17) is 0 Å². The van der Waals surface area contributed by atoms with Crippen LogP contribution in [-0.2, 0) is 31.4 Å². The van der Waals surface area contributed by atoms with Crippen molar-refractivity contribution in [2.24, 2.45) is 5.92 Å². The molecular weight excluding hydrogens is 462 g/mol. The molecule has 5 rings (SSSR count). The van der Waals surface area contributed by atoms with Crippen molar-refractivity contribution in [1.29, 1.82) is 0 Å². The molecule has 0 bridgehead atoms. The topological polar surface area (TPSA) is 86.8 Å². The highest BCUT2D eigenvalue weighted by Crippen LogP contribution is 2.42. The number of anilines is 1. The van der Waals surface area contributed by atoms with Crippen LogP contribution in [-0.4, -0.2) is 44.7 Å². The average Bonchev–Trinajstić information content (AvgIpc) is 3.04. The quantitative estimate of drug-likeness (QED) is 0.703. The number of hydrogen-bond donors (Lipinski definition) is 1. The number of carbonyl (C=O) groups excluding carboxylic acids is 2. The number of piperidine rings is 1. The number of carbonyl (C=O) groups is 2. The monoisotopic (exact) mass is 495 g/mol. The second kappa shape index (κ2) is 8.75. The Morgan fingerprint density at radius 2 is 1.77 bits per heavy atom. The molecule has 1 aliphatic carbocycles. The van der Waals surface area contributed by atoms with Crippen LogP contribution in [0.3, 0.4) is 0 Å². The van der Waals surface area contributed by atoms with Gasteiger partial charge < -0.3 is 10.2 Å². The van der Waals surface area contributed by atoms with E-state index in [1.54, 1.807) is 30.1 Å². The Balaban J connectivity index is 1.26. The maximum Gasteiger partial charge on any atom is 0.243 e. The van der Waals surface area contributed by atoms with Gasteiger partial charge in [-0.3, -0.25) is 9.59 Å². The Bertz CT molecular complexity index is 1280. The molecule has 35 heavy (non-hydrogen) atoms. The first-order valence-corrected chi connectivity index (χ1v) is 13.9. The van der Waals surface area contributed by atoms with E-state index in [0.29, 0.717) is 25.9 Å². The average molecular weight is 496 g/mol. The van der Waals surface area contributed by atoms with Crippen LogP contribution in [0.15, 0.2) is 47.4 Å². The number of hydrogen-bond acceptors (Lipinski definition) is 4. The molecule has 0 radical (unpaired) electrons. The molecule has 3 aliphatic rings. The van der Waals surface area contributed by atoms with Gasteiger partial charge in [-0.2, -0.15) is 4.31 Å². The number of aryl methyl sites for hydroxylation is 1. The molecule has 0 spiro atoms. The molecule has 1 fully saturated rings. The van der Waals surface area contributed by atoms with Gasteiger partial charge in [0.2, 0.25) is 21.8 Å². The number of amides is 2. The van der Waals surface area contributed by atoms with Crippen LogP contribution < -0.4 is 10.2 Å². The number of rotatable bonds is 4. The first-order valence-electron chi connectivity index (χ1n) is 12.4. The van der Waals surface area contributed by atoms with Crippen molar-refractivity contribution in [2.75, 3.05) is 25.0 Å². The van der Waals surface area contributed by atoms with E-state index in [1.807, 2.05) is 26.0 Å². The Hall–Kier alpha value is -2.71. The molecule has 2 aromatic rings. The van der Waals surface area contributed by atoms with Gasteiger partial charge in [0.05, 0.1) is 16.4 Å². The first-order chi connectivity index (χ1) is 16.6. The molecule has 7 nitrogen and oxygen atoms in total. The van der Waals surface area contributed by atoms with Gasteiger partial charge in [-0.05, 0) is 80.8 Å². The fourth-order valence-corrected chi connectivity index (χ4v) is 7.31. The Morgan fingerprint density at radius 1 is 1.06 bits per heavy atom. The largest absolute Gasteiger partial charge is 0.349 e. The van der Waals surface area contributed by atoms with Crippen LogP contribution in [0.25, 0.3) is 0 Å². The summed E-state index contributed by atoms with van der Waals surface area (Å²) in [5, 5.41) is 3.23. The van der Waals surface area contributed by atoms with E-state index < -0.39 is 15.4 Å². The minimum Gasteiger partial charge on any atom is -0.349 e.